The van der Waals surface area contributed by atoms with E-state index in [0.29, 0.717) is 43.6 Å². The molecule has 2 unspecified atom stereocenters. The SMILES string of the molecule is CC.Cc1ccc(NC(=O)NC2CCN(c3nc4ncnc(N5CCOCC5)c4[nH]3)CC2F)nc1. The number of morpholine rings is 1. The Morgan fingerprint density at radius 3 is 2.66 bits per heavy atom. The first kappa shape index (κ1) is 24.6. The van der Waals surface area contributed by atoms with Crippen molar-refractivity contribution in [3.05, 3.63) is 30.2 Å². The lowest BCUT2D eigenvalue weighted by molar-refractivity contribution is 0.122. The van der Waals surface area contributed by atoms with Crippen LogP contribution in [0.5, 0.6) is 0 Å². The molecule has 0 saturated carbocycles. The van der Waals surface area contributed by atoms with Crippen LogP contribution in [-0.4, -0.2) is 82.6 Å². The van der Waals surface area contributed by atoms with Crippen molar-refractivity contribution < 1.29 is 13.9 Å². The number of halogens is 1. The number of imidazole rings is 1. The minimum absolute atomic E-state index is 0.105. The van der Waals surface area contributed by atoms with Crippen LogP contribution in [0.1, 0.15) is 25.8 Å². The molecule has 2 saturated heterocycles. The molecule has 2 aliphatic heterocycles. The summed E-state index contributed by atoms with van der Waals surface area (Å²) in [4.78, 5) is 36.9. The number of piperidine rings is 1. The average molecular weight is 486 g/mol. The average Bonchev–Trinajstić information content (AvgIpc) is 3.33. The Labute approximate surface area is 203 Å². The van der Waals surface area contributed by atoms with Crippen molar-refractivity contribution in [3.63, 3.8) is 0 Å². The minimum atomic E-state index is -1.26. The number of alkyl halides is 1. The molecule has 188 valence electrons. The highest BCUT2D eigenvalue weighted by Crippen LogP contribution is 2.26. The van der Waals surface area contributed by atoms with E-state index in [4.69, 9.17) is 4.74 Å². The summed E-state index contributed by atoms with van der Waals surface area (Å²) < 4.78 is 20.4. The van der Waals surface area contributed by atoms with Crippen molar-refractivity contribution in [2.75, 3.05) is 54.5 Å². The Morgan fingerprint density at radius 2 is 1.94 bits per heavy atom. The monoisotopic (exact) mass is 485 g/mol. The summed E-state index contributed by atoms with van der Waals surface area (Å²) in [6.07, 6.45) is 2.34. The molecule has 5 heterocycles. The second kappa shape index (κ2) is 11.3. The molecular formula is C23H32FN9O2. The van der Waals surface area contributed by atoms with Crippen molar-refractivity contribution >= 4 is 34.8 Å². The number of fused-ring (bicyclic) bond motifs is 1. The summed E-state index contributed by atoms with van der Waals surface area (Å²) in [5.41, 5.74) is 2.27. The zero-order valence-electron chi connectivity index (χ0n) is 20.3. The molecule has 3 N–H and O–H groups in total. The summed E-state index contributed by atoms with van der Waals surface area (Å²) >= 11 is 0. The number of pyridine rings is 1. The molecule has 5 rings (SSSR count). The maximum Gasteiger partial charge on any atom is 0.320 e. The van der Waals surface area contributed by atoms with Gasteiger partial charge in [0.2, 0.25) is 5.95 Å². The number of anilines is 3. The Kier molecular flexibility index (Phi) is 7.91. The Hall–Kier alpha value is -3.54. The number of aromatic nitrogens is 5. The molecular weight excluding hydrogens is 453 g/mol. The normalized spacial score (nSPS) is 20.2. The summed E-state index contributed by atoms with van der Waals surface area (Å²) in [7, 11) is 0. The van der Waals surface area contributed by atoms with Gasteiger partial charge in [-0.15, -0.1) is 0 Å². The van der Waals surface area contributed by atoms with Gasteiger partial charge in [-0.25, -0.2) is 24.1 Å². The van der Waals surface area contributed by atoms with Gasteiger partial charge < -0.3 is 24.8 Å². The predicted molar refractivity (Wildman–Crippen MR) is 133 cm³/mol. The van der Waals surface area contributed by atoms with E-state index >= 15 is 0 Å². The molecule has 2 aliphatic rings. The second-order valence-corrected chi connectivity index (χ2v) is 8.23. The van der Waals surface area contributed by atoms with Gasteiger partial charge in [-0.2, -0.15) is 4.98 Å². The number of urea groups is 1. The third-order valence-electron chi connectivity index (χ3n) is 5.88. The lowest BCUT2D eigenvalue weighted by Gasteiger charge is -2.34. The van der Waals surface area contributed by atoms with Gasteiger partial charge in [0.25, 0.3) is 0 Å². The highest BCUT2D eigenvalue weighted by molar-refractivity contribution is 5.88. The third-order valence-corrected chi connectivity index (χ3v) is 5.88. The Morgan fingerprint density at radius 1 is 1.14 bits per heavy atom. The van der Waals surface area contributed by atoms with Gasteiger partial charge in [-0.05, 0) is 25.0 Å². The molecule has 12 heteroatoms. The fourth-order valence-corrected chi connectivity index (χ4v) is 4.09. The number of nitrogens with zero attached hydrogens (tertiary/aromatic N) is 6. The Balaban J connectivity index is 0.00000141. The summed E-state index contributed by atoms with van der Waals surface area (Å²) in [5, 5.41) is 5.37. The first-order valence-electron chi connectivity index (χ1n) is 12.0. The van der Waals surface area contributed by atoms with Gasteiger partial charge in [0.15, 0.2) is 11.5 Å². The number of rotatable bonds is 4. The molecule has 0 aliphatic carbocycles. The van der Waals surface area contributed by atoms with Crippen molar-refractivity contribution in [2.24, 2.45) is 0 Å². The van der Waals surface area contributed by atoms with E-state index in [1.165, 1.54) is 6.33 Å². The lowest BCUT2D eigenvalue weighted by atomic mass is 10.0. The largest absolute Gasteiger partial charge is 0.378 e. The van der Waals surface area contributed by atoms with Crippen LogP contribution in [0.2, 0.25) is 0 Å². The fourth-order valence-electron chi connectivity index (χ4n) is 4.09. The van der Waals surface area contributed by atoms with Gasteiger partial charge in [0, 0.05) is 25.8 Å². The van der Waals surface area contributed by atoms with Crippen LogP contribution in [0.4, 0.5) is 26.8 Å². The number of carbonyl (C=O) groups excluding carboxylic acids is 1. The van der Waals surface area contributed by atoms with Gasteiger partial charge in [0.1, 0.15) is 23.8 Å². The van der Waals surface area contributed by atoms with E-state index in [1.54, 1.807) is 12.3 Å². The number of ether oxygens (including phenoxy) is 1. The maximum atomic E-state index is 15.0. The van der Waals surface area contributed by atoms with Crippen LogP contribution in [0.3, 0.4) is 0 Å². The standard InChI is InChI=1S/C21H26FN9O2.C2H6/c1-13-2-3-16(23-10-13)27-21(32)26-15-4-5-31(11-14(15)22)20-28-17-18(29-20)24-12-25-19(17)30-6-8-33-9-7-30;1-2/h2-3,10,12,14-15H,4-9,11H2,1H3,(H2,23,26,27,32)(H,24,25,28,29);1-2H3. The van der Waals surface area contributed by atoms with Crippen molar-refractivity contribution in [3.8, 4) is 0 Å². The predicted octanol–water partition coefficient (Wildman–Crippen LogP) is 2.66. The molecule has 0 radical (unpaired) electrons. The second-order valence-electron chi connectivity index (χ2n) is 8.23. The van der Waals surface area contributed by atoms with E-state index in [9.17, 15) is 9.18 Å². The molecule has 3 aromatic heterocycles. The van der Waals surface area contributed by atoms with E-state index in [0.717, 1.165) is 30.0 Å². The zero-order chi connectivity index (χ0) is 24.8. The van der Waals surface area contributed by atoms with Crippen LogP contribution in [0, 0.1) is 6.92 Å². The molecule has 3 aromatic rings. The number of hydrogen-bond donors (Lipinski definition) is 3. The summed E-state index contributed by atoms with van der Waals surface area (Å²) in [5.74, 6) is 1.75. The molecule has 2 amide bonds. The quantitative estimate of drug-likeness (QED) is 0.515. The maximum absolute atomic E-state index is 15.0. The molecule has 35 heavy (non-hydrogen) atoms. The highest BCUT2D eigenvalue weighted by Gasteiger charge is 2.32. The number of amides is 2. The fraction of sp³-hybridized carbons (Fsp3) is 0.522. The number of nitrogens with one attached hydrogen (secondary N) is 3. The van der Waals surface area contributed by atoms with Crippen molar-refractivity contribution in [1.29, 1.82) is 0 Å². The number of hydrogen-bond acceptors (Lipinski definition) is 8. The first-order chi connectivity index (χ1) is 17.1. The topological polar surface area (TPSA) is 124 Å². The lowest BCUT2D eigenvalue weighted by Crippen LogP contribution is -2.53. The van der Waals surface area contributed by atoms with Crippen LogP contribution in [0.15, 0.2) is 24.7 Å². The smallest absolute Gasteiger partial charge is 0.320 e. The van der Waals surface area contributed by atoms with Gasteiger partial charge in [0.05, 0.1) is 25.8 Å². The molecule has 0 bridgehead atoms. The van der Waals surface area contributed by atoms with E-state index in [1.807, 2.05) is 31.7 Å². The number of aromatic amines is 1. The molecule has 11 nitrogen and oxygen atoms in total. The van der Waals surface area contributed by atoms with Gasteiger partial charge >= 0.3 is 6.03 Å². The van der Waals surface area contributed by atoms with Crippen LogP contribution >= 0.6 is 0 Å². The molecule has 0 aromatic carbocycles. The highest BCUT2D eigenvalue weighted by atomic mass is 19.1. The molecule has 0 spiro atoms. The van der Waals surface area contributed by atoms with Crippen LogP contribution < -0.4 is 20.4 Å². The third kappa shape index (κ3) is 5.76. The number of H-pyrrole nitrogens is 1. The van der Waals surface area contributed by atoms with Gasteiger partial charge in [-0.3, -0.25) is 5.32 Å². The molecule has 2 fully saturated rings. The van der Waals surface area contributed by atoms with E-state index < -0.39 is 18.2 Å². The molecule has 2 atom stereocenters. The van der Waals surface area contributed by atoms with Crippen molar-refractivity contribution in [2.45, 2.75) is 39.4 Å². The Bertz CT molecular complexity index is 1120. The zero-order valence-corrected chi connectivity index (χ0v) is 20.3. The van der Waals surface area contributed by atoms with Crippen LogP contribution in [-0.2, 0) is 4.74 Å². The van der Waals surface area contributed by atoms with E-state index in [-0.39, 0.29) is 6.54 Å². The van der Waals surface area contributed by atoms with E-state index in [2.05, 4.69) is 40.5 Å². The van der Waals surface area contributed by atoms with Crippen molar-refractivity contribution in [1.82, 2.24) is 30.2 Å². The summed E-state index contributed by atoms with van der Waals surface area (Å²) in [6.45, 7) is 9.32. The first-order valence-corrected chi connectivity index (χ1v) is 12.0. The minimum Gasteiger partial charge on any atom is -0.378 e. The van der Waals surface area contributed by atoms with Gasteiger partial charge in [-0.1, -0.05) is 19.9 Å². The van der Waals surface area contributed by atoms with Crippen LogP contribution in [0.25, 0.3) is 11.2 Å². The summed E-state index contributed by atoms with van der Waals surface area (Å²) in [6, 6.07) is 2.49. The number of aryl methyl sites for hydroxylation is 1. The number of carbonyl (C=O) groups is 1.